The number of allylic oxidation sites excluding steroid dienone is 2. The summed E-state index contributed by atoms with van der Waals surface area (Å²) in [6.07, 6.45) is 4.56. The van der Waals surface area contributed by atoms with Crippen LogP contribution in [0.3, 0.4) is 0 Å². The number of carbonyl (C=O) groups is 1. The zero-order valence-corrected chi connectivity index (χ0v) is 11.4. The zero-order chi connectivity index (χ0) is 12.9. The minimum absolute atomic E-state index is 0.217. The van der Waals surface area contributed by atoms with Crippen LogP contribution in [0.5, 0.6) is 0 Å². The Balaban J connectivity index is 2.70. The van der Waals surface area contributed by atoms with Crippen molar-refractivity contribution < 1.29 is 4.79 Å². The van der Waals surface area contributed by atoms with Gasteiger partial charge < -0.3 is 0 Å². The molecule has 0 fully saturated rings. The van der Waals surface area contributed by atoms with Crippen molar-refractivity contribution in [3.05, 3.63) is 46.5 Å². The standard InChI is InChI=1S/C15H19ClO/c1-15(2,3)9-8-13(11-17)10-12-4-6-14(16)7-5-12/h4-8,11H,9-10H2,1-3H3/b13-8-. The van der Waals surface area contributed by atoms with Gasteiger partial charge in [0.15, 0.2) is 0 Å². The summed E-state index contributed by atoms with van der Waals surface area (Å²) in [5.74, 6) is 0. The number of benzene rings is 1. The molecule has 1 aromatic rings. The normalized spacial score (nSPS) is 12.6. The van der Waals surface area contributed by atoms with Crippen LogP contribution in [0.15, 0.2) is 35.9 Å². The van der Waals surface area contributed by atoms with Crippen molar-refractivity contribution in [2.75, 3.05) is 0 Å². The first-order chi connectivity index (χ1) is 7.90. The molecule has 2 heteroatoms. The molecule has 0 aromatic heterocycles. The Bertz CT molecular complexity index is 396. The van der Waals surface area contributed by atoms with Crippen LogP contribution in [0.25, 0.3) is 0 Å². The van der Waals surface area contributed by atoms with Crippen LogP contribution >= 0.6 is 11.6 Å². The number of rotatable bonds is 4. The van der Waals surface area contributed by atoms with Gasteiger partial charge in [-0.25, -0.2) is 0 Å². The minimum Gasteiger partial charge on any atom is -0.298 e. The quantitative estimate of drug-likeness (QED) is 0.570. The van der Waals surface area contributed by atoms with Crippen molar-refractivity contribution in [1.29, 1.82) is 0 Å². The van der Waals surface area contributed by atoms with Crippen LogP contribution in [-0.2, 0) is 11.2 Å². The van der Waals surface area contributed by atoms with Crippen LogP contribution in [0.2, 0.25) is 5.02 Å². The van der Waals surface area contributed by atoms with Gasteiger partial charge in [-0.15, -0.1) is 0 Å². The van der Waals surface area contributed by atoms with Crippen molar-refractivity contribution in [3.8, 4) is 0 Å². The maximum absolute atomic E-state index is 11.0. The van der Waals surface area contributed by atoms with Gasteiger partial charge in [0.05, 0.1) is 0 Å². The van der Waals surface area contributed by atoms with Gasteiger partial charge in [0, 0.05) is 11.4 Å². The number of carbonyl (C=O) groups excluding carboxylic acids is 1. The fraction of sp³-hybridized carbons (Fsp3) is 0.400. The zero-order valence-electron chi connectivity index (χ0n) is 10.7. The largest absolute Gasteiger partial charge is 0.298 e. The van der Waals surface area contributed by atoms with Gasteiger partial charge in [0.25, 0.3) is 0 Å². The van der Waals surface area contributed by atoms with E-state index in [0.29, 0.717) is 6.42 Å². The van der Waals surface area contributed by atoms with E-state index in [1.165, 1.54) is 0 Å². The Hall–Kier alpha value is -1.08. The highest BCUT2D eigenvalue weighted by molar-refractivity contribution is 6.30. The third-order valence-corrected chi connectivity index (χ3v) is 2.70. The summed E-state index contributed by atoms with van der Waals surface area (Å²) in [7, 11) is 0. The molecule has 17 heavy (non-hydrogen) atoms. The van der Waals surface area contributed by atoms with Gasteiger partial charge in [-0.2, -0.15) is 0 Å². The molecule has 1 rings (SSSR count). The Labute approximate surface area is 108 Å². The van der Waals surface area contributed by atoms with Gasteiger partial charge in [-0.3, -0.25) is 4.79 Å². The molecule has 0 bridgehead atoms. The van der Waals surface area contributed by atoms with E-state index in [2.05, 4.69) is 20.8 Å². The highest BCUT2D eigenvalue weighted by atomic mass is 35.5. The van der Waals surface area contributed by atoms with Crippen LogP contribution < -0.4 is 0 Å². The van der Waals surface area contributed by atoms with Crippen molar-refractivity contribution in [3.63, 3.8) is 0 Å². The van der Waals surface area contributed by atoms with Crippen molar-refractivity contribution in [1.82, 2.24) is 0 Å². The number of hydrogen-bond donors (Lipinski definition) is 0. The number of hydrogen-bond acceptors (Lipinski definition) is 1. The maximum atomic E-state index is 11.0. The van der Waals surface area contributed by atoms with E-state index in [4.69, 9.17) is 11.6 Å². The van der Waals surface area contributed by atoms with E-state index < -0.39 is 0 Å². The topological polar surface area (TPSA) is 17.1 Å². The monoisotopic (exact) mass is 250 g/mol. The van der Waals surface area contributed by atoms with Crippen molar-refractivity contribution in [2.45, 2.75) is 33.6 Å². The highest BCUT2D eigenvalue weighted by Crippen LogP contribution is 2.20. The molecule has 0 saturated heterocycles. The molecule has 0 aliphatic carbocycles. The highest BCUT2D eigenvalue weighted by Gasteiger charge is 2.08. The second-order valence-corrected chi connectivity index (χ2v) is 5.90. The van der Waals surface area contributed by atoms with Crippen LogP contribution in [0.4, 0.5) is 0 Å². The fourth-order valence-electron chi connectivity index (χ4n) is 1.44. The van der Waals surface area contributed by atoms with Crippen molar-refractivity contribution >= 4 is 17.9 Å². The van der Waals surface area contributed by atoms with Crippen LogP contribution in [-0.4, -0.2) is 6.29 Å². The first-order valence-corrected chi connectivity index (χ1v) is 6.17. The molecule has 0 aliphatic rings. The fourth-order valence-corrected chi connectivity index (χ4v) is 1.56. The molecule has 0 saturated carbocycles. The Morgan fingerprint density at radius 3 is 2.29 bits per heavy atom. The third kappa shape index (κ3) is 5.69. The van der Waals surface area contributed by atoms with Gasteiger partial charge in [-0.1, -0.05) is 50.6 Å². The molecular weight excluding hydrogens is 232 g/mol. The lowest BCUT2D eigenvalue weighted by Gasteiger charge is -2.15. The molecule has 0 unspecified atom stereocenters. The van der Waals surface area contributed by atoms with Gasteiger partial charge in [0.2, 0.25) is 0 Å². The second-order valence-electron chi connectivity index (χ2n) is 5.46. The predicted octanol–water partition coefficient (Wildman–Crippen LogP) is 4.44. The molecule has 1 aromatic carbocycles. The van der Waals surface area contributed by atoms with E-state index in [1.54, 1.807) is 0 Å². The number of aldehydes is 1. The van der Waals surface area contributed by atoms with E-state index in [1.807, 2.05) is 30.3 Å². The Morgan fingerprint density at radius 2 is 1.82 bits per heavy atom. The second kappa shape index (κ2) is 6.02. The minimum atomic E-state index is 0.217. The first kappa shape index (κ1) is 14.0. The van der Waals surface area contributed by atoms with Gasteiger partial charge >= 0.3 is 0 Å². The maximum Gasteiger partial charge on any atom is 0.146 e. The molecule has 0 heterocycles. The molecule has 0 amide bonds. The molecule has 92 valence electrons. The molecular formula is C15H19ClO. The van der Waals surface area contributed by atoms with Crippen molar-refractivity contribution in [2.24, 2.45) is 5.41 Å². The summed E-state index contributed by atoms with van der Waals surface area (Å²) >= 11 is 5.82. The summed E-state index contributed by atoms with van der Waals surface area (Å²) in [6, 6.07) is 7.61. The lowest BCUT2D eigenvalue weighted by molar-refractivity contribution is -0.105. The van der Waals surface area contributed by atoms with E-state index in [-0.39, 0.29) is 5.41 Å². The average Bonchev–Trinajstić information content (AvgIpc) is 2.25. The summed E-state index contributed by atoms with van der Waals surface area (Å²) in [5.41, 5.74) is 2.16. The van der Waals surface area contributed by atoms with E-state index in [9.17, 15) is 4.79 Å². The van der Waals surface area contributed by atoms with Crippen LogP contribution in [0, 0.1) is 5.41 Å². The van der Waals surface area contributed by atoms with Gasteiger partial charge in [0.1, 0.15) is 6.29 Å². The SMILES string of the molecule is CC(C)(C)C/C=C(\C=O)Cc1ccc(Cl)cc1. The lowest BCUT2D eigenvalue weighted by atomic mass is 9.90. The molecule has 0 N–H and O–H groups in total. The molecule has 1 nitrogen and oxygen atoms in total. The van der Waals surface area contributed by atoms with Gasteiger partial charge in [-0.05, 0) is 35.1 Å². The van der Waals surface area contributed by atoms with Crippen LogP contribution in [0.1, 0.15) is 32.8 Å². The summed E-state index contributed by atoms with van der Waals surface area (Å²) in [6.45, 7) is 6.48. The van der Waals surface area contributed by atoms with E-state index >= 15 is 0 Å². The smallest absolute Gasteiger partial charge is 0.146 e. The average molecular weight is 251 g/mol. The summed E-state index contributed by atoms with van der Waals surface area (Å²) < 4.78 is 0. The van der Waals surface area contributed by atoms with E-state index in [0.717, 1.165) is 28.9 Å². The molecule has 0 aliphatic heterocycles. The molecule has 0 radical (unpaired) electrons. The summed E-state index contributed by atoms with van der Waals surface area (Å²) in [5, 5.41) is 0.722. The molecule has 0 atom stereocenters. The Kier molecular flexibility index (Phi) is 4.95. The lowest BCUT2D eigenvalue weighted by Crippen LogP contribution is -2.03. The number of halogens is 1. The summed E-state index contributed by atoms with van der Waals surface area (Å²) in [4.78, 5) is 11.0. The Morgan fingerprint density at radius 1 is 1.24 bits per heavy atom. The third-order valence-electron chi connectivity index (χ3n) is 2.45. The first-order valence-electron chi connectivity index (χ1n) is 5.79. The molecule has 0 spiro atoms. The predicted molar refractivity (Wildman–Crippen MR) is 73.4 cm³/mol.